The topological polar surface area (TPSA) is 99.0 Å². The number of methoxy groups -OCH3 is 1. The van der Waals surface area contributed by atoms with Gasteiger partial charge in [-0.1, -0.05) is 11.8 Å². The minimum atomic E-state index is 0.303. The largest absolute Gasteiger partial charge is 0.497 e. The van der Waals surface area contributed by atoms with Crippen molar-refractivity contribution in [2.24, 2.45) is 0 Å². The normalized spacial score (nSPS) is 10.1. The quantitative estimate of drug-likeness (QED) is 0.775. The van der Waals surface area contributed by atoms with E-state index < -0.39 is 0 Å². The summed E-state index contributed by atoms with van der Waals surface area (Å²) in [5.41, 5.74) is 5.75. The number of aromatic nitrogens is 3. The lowest BCUT2D eigenvalue weighted by Gasteiger charge is -2.09. The van der Waals surface area contributed by atoms with Crippen LogP contribution in [0.25, 0.3) is 0 Å². The molecule has 0 atom stereocenters. The molecular weight excluding hydrogens is 290 g/mol. The molecule has 0 aliphatic carbocycles. The smallest absolute Gasteiger partial charge is 0.222 e. The molecule has 0 saturated carbocycles. The number of thioether (sulfide) groups is 1. The Bertz CT molecular complexity index is 620. The highest BCUT2D eigenvalue weighted by molar-refractivity contribution is 7.99. The second-order valence-corrected chi connectivity index (χ2v) is 4.91. The number of anilines is 1. The van der Waals surface area contributed by atoms with Crippen molar-refractivity contribution in [2.45, 2.75) is 11.7 Å². The third-order valence-corrected chi connectivity index (χ3v) is 3.49. The number of benzene rings is 1. The lowest BCUT2D eigenvalue weighted by molar-refractivity contribution is 0.294. The maximum absolute atomic E-state index is 8.60. The van der Waals surface area contributed by atoms with Gasteiger partial charge in [0, 0.05) is 0 Å². The van der Waals surface area contributed by atoms with E-state index >= 15 is 0 Å². The third kappa shape index (κ3) is 4.03. The molecule has 110 valence electrons. The first-order chi connectivity index (χ1) is 10.2. The van der Waals surface area contributed by atoms with E-state index in [1.54, 1.807) is 11.7 Å². The molecule has 0 spiro atoms. The molecule has 7 nitrogen and oxygen atoms in total. The minimum Gasteiger partial charge on any atom is -0.497 e. The van der Waals surface area contributed by atoms with Crippen LogP contribution in [0, 0.1) is 11.3 Å². The van der Waals surface area contributed by atoms with Crippen LogP contribution in [-0.4, -0.2) is 34.2 Å². The van der Waals surface area contributed by atoms with Crippen molar-refractivity contribution in [3.8, 4) is 17.6 Å². The number of hydrogen-bond donors (Lipinski definition) is 1. The summed E-state index contributed by atoms with van der Waals surface area (Å²) in [6, 6.07) is 9.37. The Hall–Kier alpha value is -2.40. The third-order valence-electron chi connectivity index (χ3n) is 2.65. The molecule has 2 rings (SSSR count). The van der Waals surface area contributed by atoms with Gasteiger partial charge in [-0.3, -0.25) is 4.57 Å². The summed E-state index contributed by atoms with van der Waals surface area (Å²) < 4.78 is 12.4. The van der Waals surface area contributed by atoms with E-state index in [2.05, 4.69) is 10.2 Å². The predicted molar refractivity (Wildman–Crippen MR) is 79.3 cm³/mol. The van der Waals surface area contributed by atoms with Crippen LogP contribution in [0.4, 0.5) is 5.95 Å². The van der Waals surface area contributed by atoms with Gasteiger partial charge in [-0.2, -0.15) is 5.26 Å². The van der Waals surface area contributed by atoms with E-state index in [-0.39, 0.29) is 0 Å². The second-order valence-electron chi connectivity index (χ2n) is 3.96. The first-order valence-corrected chi connectivity index (χ1v) is 7.18. The highest BCUT2D eigenvalue weighted by atomic mass is 32.2. The summed E-state index contributed by atoms with van der Waals surface area (Å²) in [5, 5.41) is 17.0. The van der Waals surface area contributed by atoms with E-state index in [0.717, 1.165) is 11.5 Å². The van der Waals surface area contributed by atoms with E-state index in [9.17, 15) is 0 Å². The average Bonchev–Trinajstić information content (AvgIpc) is 2.86. The summed E-state index contributed by atoms with van der Waals surface area (Å²) in [4.78, 5) is 0. The molecule has 0 saturated heterocycles. The predicted octanol–water partition coefficient (Wildman–Crippen LogP) is 1.56. The highest BCUT2D eigenvalue weighted by Crippen LogP contribution is 2.19. The number of nitriles is 1. The fourth-order valence-electron chi connectivity index (χ4n) is 1.64. The van der Waals surface area contributed by atoms with Gasteiger partial charge in [0.15, 0.2) is 5.16 Å². The zero-order chi connectivity index (χ0) is 15.1. The SMILES string of the molecule is COc1ccc(OCCn2c(N)nnc2SCC#N)cc1. The summed E-state index contributed by atoms with van der Waals surface area (Å²) >= 11 is 1.30. The molecule has 0 bridgehead atoms. The van der Waals surface area contributed by atoms with Crippen LogP contribution in [0.2, 0.25) is 0 Å². The van der Waals surface area contributed by atoms with Crippen LogP contribution in [-0.2, 0) is 6.54 Å². The molecule has 2 aromatic rings. The van der Waals surface area contributed by atoms with E-state index in [1.165, 1.54) is 11.8 Å². The van der Waals surface area contributed by atoms with Gasteiger partial charge < -0.3 is 15.2 Å². The molecule has 0 amide bonds. The van der Waals surface area contributed by atoms with Crippen LogP contribution < -0.4 is 15.2 Å². The Morgan fingerprint density at radius 2 is 2.00 bits per heavy atom. The van der Waals surface area contributed by atoms with Gasteiger partial charge in [-0.25, -0.2) is 0 Å². The maximum Gasteiger partial charge on any atom is 0.222 e. The Morgan fingerprint density at radius 1 is 1.29 bits per heavy atom. The highest BCUT2D eigenvalue weighted by Gasteiger charge is 2.09. The van der Waals surface area contributed by atoms with Gasteiger partial charge in [0.05, 0.1) is 25.5 Å². The van der Waals surface area contributed by atoms with Gasteiger partial charge in [-0.05, 0) is 24.3 Å². The number of nitrogen functional groups attached to an aromatic ring is 1. The fourth-order valence-corrected chi connectivity index (χ4v) is 2.27. The first-order valence-electron chi connectivity index (χ1n) is 6.20. The summed E-state index contributed by atoms with van der Waals surface area (Å²) in [7, 11) is 1.62. The standard InChI is InChI=1S/C13H15N5O2S/c1-19-10-2-4-11(5-3-10)20-8-7-18-12(15)16-17-13(18)21-9-6-14/h2-5H,7-9H2,1H3,(H2,15,16). The Kier molecular flexibility index (Phi) is 5.29. The zero-order valence-electron chi connectivity index (χ0n) is 11.5. The van der Waals surface area contributed by atoms with Crippen molar-refractivity contribution in [3.63, 3.8) is 0 Å². The van der Waals surface area contributed by atoms with Crippen molar-refractivity contribution in [2.75, 3.05) is 25.2 Å². The molecule has 0 unspecified atom stereocenters. The molecule has 1 heterocycles. The van der Waals surface area contributed by atoms with Gasteiger partial charge in [0.2, 0.25) is 5.95 Å². The van der Waals surface area contributed by atoms with Crippen LogP contribution in [0.5, 0.6) is 11.5 Å². The molecule has 21 heavy (non-hydrogen) atoms. The summed E-state index contributed by atoms with van der Waals surface area (Å²) in [6.45, 7) is 0.938. The molecule has 1 aromatic heterocycles. The van der Waals surface area contributed by atoms with Crippen molar-refractivity contribution in [1.29, 1.82) is 5.26 Å². The molecule has 2 N–H and O–H groups in total. The van der Waals surface area contributed by atoms with Crippen LogP contribution in [0.15, 0.2) is 29.4 Å². The van der Waals surface area contributed by atoms with E-state index in [0.29, 0.717) is 30.0 Å². The van der Waals surface area contributed by atoms with Crippen LogP contribution in [0.1, 0.15) is 0 Å². The van der Waals surface area contributed by atoms with Gasteiger partial charge in [0.25, 0.3) is 0 Å². The number of ether oxygens (including phenoxy) is 2. The fraction of sp³-hybridized carbons (Fsp3) is 0.308. The Morgan fingerprint density at radius 3 is 2.67 bits per heavy atom. The maximum atomic E-state index is 8.60. The van der Waals surface area contributed by atoms with E-state index in [1.807, 2.05) is 30.3 Å². The lowest BCUT2D eigenvalue weighted by Crippen LogP contribution is -2.11. The second kappa shape index (κ2) is 7.40. The number of rotatable bonds is 7. The number of nitrogens with two attached hydrogens (primary N) is 1. The van der Waals surface area contributed by atoms with Gasteiger partial charge in [0.1, 0.15) is 18.1 Å². The van der Waals surface area contributed by atoms with Crippen molar-refractivity contribution in [3.05, 3.63) is 24.3 Å². The minimum absolute atomic E-state index is 0.303. The summed E-state index contributed by atoms with van der Waals surface area (Å²) in [6.07, 6.45) is 0. The summed E-state index contributed by atoms with van der Waals surface area (Å²) in [5.74, 6) is 2.14. The molecule has 0 fully saturated rings. The number of hydrogen-bond acceptors (Lipinski definition) is 7. The molecule has 8 heteroatoms. The molecular formula is C13H15N5O2S. The van der Waals surface area contributed by atoms with Crippen LogP contribution in [0.3, 0.4) is 0 Å². The Labute approximate surface area is 126 Å². The monoisotopic (exact) mass is 305 g/mol. The number of nitrogens with zero attached hydrogens (tertiary/aromatic N) is 4. The van der Waals surface area contributed by atoms with Crippen molar-refractivity contribution >= 4 is 17.7 Å². The van der Waals surface area contributed by atoms with Gasteiger partial charge in [-0.15, -0.1) is 10.2 Å². The van der Waals surface area contributed by atoms with Gasteiger partial charge >= 0.3 is 0 Å². The van der Waals surface area contributed by atoms with Crippen LogP contribution >= 0.6 is 11.8 Å². The first kappa shape index (κ1) is 15.0. The average molecular weight is 305 g/mol. The van der Waals surface area contributed by atoms with E-state index in [4.69, 9.17) is 20.5 Å². The lowest BCUT2D eigenvalue weighted by atomic mass is 10.3. The van der Waals surface area contributed by atoms with Crippen molar-refractivity contribution in [1.82, 2.24) is 14.8 Å². The van der Waals surface area contributed by atoms with Crippen molar-refractivity contribution < 1.29 is 9.47 Å². The zero-order valence-corrected chi connectivity index (χ0v) is 12.3. The molecule has 1 aromatic carbocycles. The molecule has 0 aliphatic heterocycles. The Balaban J connectivity index is 1.90. The molecule has 0 radical (unpaired) electrons. The molecule has 0 aliphatic rings.